The van der Waals surface area contributed by atoms with Crippen molar-refractivity contribution in [1.82, 2.24) is 0 Å². The Bertz CT molecular complexity index is 133. The number of allylic oxidation sites excluding steroid dienone is 2. The summed E-state index contributed by atoms with van der Waals surface area (Å²) in [6, 6.07) is 0. The van der Waals surface area contributed by atoms with Crippen molar-refractivity contribution in [2.45, 2.75) is 26.2 Å². The Labute approximate surface area is 49.9 Å². The van der Waals surface area contributed by atoms with Crippen molar-refractivity contribution < 1.29 is 0 Å². The van der Waals surface area contributed by atoms with Crippen LogP contribution in [0, 0.1) is 5.41 Å². The Morgan fingerprint density at radius 3 is 2.50 bits per heavy atom. The molecule has 0 aromatic heterocycles. The van der Waals surface area contributed by atoms with E-state index < -0.39 is 0 Å². The zero-order valence-corrected chi connectivity index (χ0v) is 5.20. The predicted octanol–water partition coefficient (Wildman–Crippen LogP) is 2.14. The molecule has 0 aliphatic heterocycles. The largest absolute Gasteiger partial charge is 0.308 e. The molecule has 1 rings (SSSR count). The average Bonchev–Trinajstić information content (AvgIpc) is 2.14. The third kappa shape index (κ3) is 0.808. The Hall–Kier alpha value is -0.590. The highest BCUT2D eigenvalue weighted by Crippen LogP contribution is 2.22. The summed E-state index contributed by atoms with van der Waals surface area (Å²) >= 11 is 0. The lowest BCUT2D eigenvalue weighted by atomic mass is 10.2. The highest BCUT2D eigenvalue weighted by atomic mass is 14.3. The molecule has 1 aliphatic carbocycles. The summed E-state index contributed by atoms with van der Waals surface area (Å²) in [6.45, 7) is 2.12. The second kappa shape index (κ2) is 2.12. The molecule has 0 bridgehead atoms. The zero-order valence-electron chi connectivity index (χ0n) is 5.20. The summed E-state index contributed by atoms with van der Waals surface area (Å²) in [4.78, 5) is 0. The van der Waals surface area contributed by atoms with E-state index >= 15 is 0 Å². The fourth-order valence-corrected chi connectivity index (χ4v) is 1.11. The van der Waals surface area contributed by atoms with Gasteiger partial charge in [0.25, 0.3) is 0 Å². The first kappa shape index (κ1) is 5.54. The van der Waals surface area contributed by atoms with Crippen LogP contribution in [-0.2, 0) is 0 Å². The second-order valence-electron chi connectivity index (χ2n) is 2.30. The maximum absolute atomic E-state index is 6.95. The van der Waals surface area contributed by atoms with Gasteiger partial charge in [0.2, 0.25) is 0 Å². The topological polar surface area (TPSA) is 23.9 Å². The first-order chi connectivity index (χ1) is 3.84. The second-order valence-corrected chi connectivity index (χ2v) is 2.30. The minimum atomic E-state index is 1.13. The quantitative estimate of drug-likeness (QED) is 0.499. The van der Waals surface area contributed by atoms with Crippen molar-refractivity contribution in [3.8, 4) is 0 Å². The number of hydrogen-bond acceptors (Lipinski definition) is 1. The number of nitrogens with one attached hydrogen (secondary N) is 1. The average molecular weight is 109 g/mol. The maximum Gasteiger partial charge on any atom is 0.0209 e. The van der Waals surface area contributed by atoms with Gasteiger partial charge in [-0.05, 0) is 31.8 Å². The van der Waals surface area contributed by atoms with E-state index in [1.807, 2.05) is 0 Å². The summed E-state index contributed by atoms with van der Waals surface area (Å²) in [6.07, 6.45) is 5.10. The molecule has 0 spiro atoms. The van der Waals surface area contributed by atoms with Gasteiger partial charge in [-0.15, -0.1) is 0 Å². The Balaban J connectivity index is 2.72. The van der Waals surface area contributed by atoms with Crippen LogP contribution in [0.15, 0.2) is 11.1 Å². The fraction of sp³-hybridized carbons (Fsp3) is 0.571. The Morgan fingerprint density at radius 1 is 1.50 bits per heavy atom. The first-order valence-electron chi connectivity index (χ1n) is 3.03. The summed E-state index contributed by atoms with van der Waals surface area (Å²) < 4.78 is 0. The van der Waals surface area contributed by atoms with Gasteiger partial charge >= 0.3 is 0 Å². The molecule has 0 heterocycles. The molecule has 0 amide bonds. The lowest BCUT2D eigenvalue weighted by Crippen LogP contribution is -1.77. The Kier molecular flexibility index (Phi) is 1.47. The minimum absolute atomic E-state index is 1.13. The smallest absolute Gasteiger partial charge is 0.0209 e. The summed E-state index contributed by atoms with van der Waals surface area (Å²) in [7, 11) is 0. The molecule has 1 nitrogen and oxygen atoms in total. The van der Waals surface area contributed by atoms with Crippen molar-refractivity contribution in [1.29, 1.82) is 5.41 Å². The molecule has 44 valence electrons. The van der Waals surface area contributed by atoms with Gasteiger partial charge in [0.15, 0.2) is 0 Å². The molecule has 0 saturated heterocycles. The fourth-order valence-electron chi connectivity index (χ4n) is 1.11. The van der Waals surface area contributed by atoms with Gasteiger partial charge in [-0.2, -0.15) is 0 Å². The van der Waals surface area contributed by atoms with E-state index in [1.165, 1.54) is 30.2 Å². The van der Waals surface area contributed by atoms with Crippen LogP contribution in [0.5, 0.6) is 0 Å². The van der Waals surface area contributed by atoms with Crippen molar-refractivity contribution in [3.05, 3.63) is 11.1 Å². The molecule has 0 aromatic carbocycles. The molecule has 0 radical (unpaired) electrons. The third-order valence-electron chi connectivity index (χ3n) is 1.72. The van der Waals surface area contributed by atoms with Gasteiger partial charge in [0.1, 0.15) is 0 Å². The molecule has 0 aromatic rings. The van der Waals surface area contributed by atoms with Crippen LogP contribution >= 0.6 is 0 Å². The molecule has 8 heavy (non-hydrogen) atoms. The minimum Gasteiger partial charge on any atom is -0.308 e. The molecular formula is C7H11N. The highest BCUT2D eigenvalue weighted by molar-refractivity contribution is 5.77. The SMILES string of the molecule is CC1=C(C=N)CCC1. The van der Waals surface area contributed by atoms with E-state index in [2.05, 4.69) is 6.92 Å². The highest BCUT2D eigenvalue weighted by Gasteiger charge is 2.06. The first-order valence-corrected chi connectivity index (χ1v) is 3.03. The van der Waals surface area contributed by atoms with Crippen molar-refractivity contribution in [2.75, 3.05) is 0 Å². The Morgan fingerprint density at radius 2 is 2.25 bits per heavy atom. The summed E-state index contributed by atoms with van der Waals surface area (Å²) in [5.74, 6) is 0. The lowest BCUT2D eigenvalue weighted by molar-refractivity contribution is 0.902. The lowest BCUT2D eigenvalue weighted by Gasteiger charge is -1.88. The molecule has 0 atom stereocenters. The third-order valence-corrected chi connectivity index (χ3v) is 1.72. The van der Waals surface area contributed by atoms with Gasteiger partial charge in [-0.3, -0.25) is 0 Å². The van der Waals surface area contributed by atoms with Crippen LogP contribution in [0.25, 0.3) is 0 Å². The molecule has 1 heteroatoms. The zero-order chi connectivity index (χ0) is 5.98. The van der Waals surface area contributed by atoms with Crippen LogP contribution in [0.1, 0.15) is 26.2 Å². The monoisotopic (exact) mass is 109 g/mol. The number of hydrogen-bond donors (Lipinski definition) is 1. The van der Waals surface area contributed by atoms with Crippen LogP contribution in [-0.4, -0.2) is 6.21 Å². The van der Waals surface area contributed by atoms with E-state index in [-0.39, 0.29) is 0 Å². The summed E-state index contributed by atoms with van der Waals surface area (Å²) in [5.41, 5.74) is 2.67. The molecule has 1 N–H and O–H groups in total. The van der Waals surface area contributed by atoms with E-state index in [0.29, 0.717) is 0 Å². The standard InChI is InChI=1S/C7H11N/c1-6-3-2-4-7(6)5-8/h5,8H,2-4H2,1H3. The van der Waals surface area contributed by atoms with E-state index in [1.54, 1.807) is 0 Å². The molecular weight excluding hydrogens is 98.1 g/mol. The molecule has 0 saturated carbocycles. The van der Waals surface area contributed by atoms with Gasteiger partial charge in [-0.1, -0.05) is 5.57 Å². The molecule has 0 fully saturated rings. The number of rotatable bonds is 1. The molecule has 0 unspecified atom stereocenters. The summed E-state index contributed by atoms with van der Waals surface area (Å²) in [5, 5.41) is 6.95. The van der Waals surface area contributed by atoms with Gasteiger partial charge < -0.3 is 5.41 Å². The predicted molar refractivity (Wildman–Crippen MR) is 35.3 cm³/mol. The normalized spacial score (nSPS) is 19.6. The molecule has 1 aliphatic rings. The van der Waals surface area contributed by atoms with Gasteiger partial charge in [-0.25, -0.2) is 0 Å². The van der Waals surface area contributed by atoms with E-state index in [4.69, 9.17) is 5.41 Å². The van der Waals surface area contributed by atoms with Crippen molar-refractivity contribution in [2.24, 2.45) is 0 Å². The van der Waals surface area contributed by atoms with Crippen molar-refractivity contribution >= 4 is 6.21 Å². The van der Waals surface area contributed by atoms with Gasteiger partial charge in [0, 0.05) is 6.21 Å². The van der Waals surface area contributed by atoms with E-state index in [0.717, 1.165) is 6.42 Å². The van der Waals surface area contributed by atoms with Crippen LogP contribution in [0.3, 0.4) is 0 Å². The van der Waals surface area contributed by atoms with Gasteiger partial charge in [0.05, 0.1) is 0 Å². The van der Waals surface area contributed by atoms with E-state index in [9.17, 15) is 0 Å². The van der Waals surface area contributed by atoms with Crippen molar-refractivity contribution in [3.63, 3.8) is 0 Å². The van der Waals surface area contributed by atoms with Crippen LogP contribution in [0.4, 0.5) is 0 Å². The van der Waals surface area contributed by atoms with Crippen LogP contribution < -0.4 is 0 Å². The maximum atomic E-state index is 6.95. The van der Waals surface area contributed by atoms with Crippen LogP contribution in [0.2, 0.25) is 0 Å².